The molecule has 2 aromatic carbocycles. The first kappa shape index (κ1) is 19.3. The summed E-state index contributed by atoms with van der Waals surface area (Å²) in [6.07, 6.45) is 3.08. The number of rotatable bonds is 8. The summed E-state index contributed by atoms with van der Waals surface area (Å²) in [5.74, 6) is -0.206. The van der Waals surface area contributed by atoms with Gasteiger partial charge in [-0.05, 0) is 48.9 Å². The van der Waals surface area contributed by atoms with Crippen LogP contribution in [-0.4, -0.2) is 20.9 Å². The number of anilines is 1. The van der Waals surface area contributed by atoms with Gasteiger partial charge in [0.25, 0.3) is 15.9 Å². The van der Waals surface area contributed by atoms with E-state index in [1.54, 1.807) is 18.2 Å². The van der Waals surface area contributed by atoms with E-state index >= 15 is 0 Å². The molecule has 25 heavy (non-hydrogen) atoms. The van der Waals surface area contributed by atoms with Crippen molar-refractivity contribution in [3.8, 4) is 0 Å². The molecule has 0 heterocycles. The van der Waals surface area contributed by atoms with Crippen LogP contribution in [0.2, 0.25) is 5.02 Å². The molecular formula is C18H21ClN2O3S. The fourth-order valence-electron chi connectivity index (χ4n) is 2.23. The van der Waals surface area contributed by atoms with E-state index in [9.17, 15) is 13.2 Å². The highest BCUT2D eigenvalue weighted by atomic mass is 35.5. The number of nitrogens with one attached hydrogen (secondary N) is 2. The molecule has 134 valence electrons. The molecule has 0 fully saturated rings. The molecule has 0 saturated carbocycles. The van der Waals surface area contributed by atoms with Crippen molar-refractivity contribution in [1.29, 1.82) is 0 Å². The van der Waals surface area contributed by atoms with Crippen molar-refractivity contribution in [3.63, 3.8) is 0 Å². The molecule has 2 aromatic rings. The molecule has 2 N–H and O–H groups in total. The summed E-state index contributed by atoms with van der Waals surface area (Å²) in [7, 11) is -3.74. The van der Waals surface area contributed by atoms with Crippen LogP contribution < -0.4 is 10.0 Å². The van der Waals surface area contributed by atoms with Gasteiger partial charge in [0.2, 0.25) is 0 Å². The molecule has 0 aliphatic carbocycles. The second kappa shape index (κ2) is 8.87. The van der Waals surface area contributed by atoms with Gasteiger partial charge in [0, 0.05) is 17.1 Å². The van der Waals surface area contributed by atoms with Crippen LogP contribution in [0, 0.1) is 0 Å². The summed E-state index contributed by atoms with van der Waals surface area (Å²) in [5.41, 5.74) is 0.809. The van der Waals surface area contributed by atoms with Crippen LogP contribution in [-0.2, 0) is 10.0 Å². The first-order valence-electron chi connectivity index (χ1n) is 8.09. The van der Waals surface area contributed by atoms with Crippen LogP contribution >= 0.6 is 11.6 Å². The minimum absolute atomic E-state index is 0.0787. The minimum Gasteiger partial charge on any atom is -0.352 e. The number of sulfonamides is 1. The largest absolute Gasteiger partial charge is 0.352 e. The number of halogens is 1. The average molecular weight is 381 g/mol. The maximum absolute atomic E-state index is 12.4. The molecular weight excluding hydrogens is 360 g/mol. The van der Waals surface area contributed by atoms with Gasteiger partial charge in [-0.2, -0.15) is 0 Å². The first-order chi connectivity index (χ1) is 11.9. The molecule has 5 nitrogen and oxygen atoms in total. The summed E-state index contributed by atoms with van der Waals surface area (Å²) in [4.78, 5) is 12.1. The van der Waals surface area contributed by atoms with Gasteiger partial charge in [-0.15, -0.1) is 0 Å². The highest BCUT2D eigenvalue weighted by molar-refractivity contribution is 7.92. The van der Waals surface area contributed by atoms with E-state index in [-0.39, 0.29) is 10.8 Å². The summed E-state index contributed by atoms with van der Waals surface area (Å²) >= 11 is 5.86. The molecule has 7 heteroatoms. The predicted octanol–water partition coefficient (Wildman–Crippen LogP) is 4.06. The van der Waals surface area contributed by atoms with Crippen LogP contribution in [0.15, 0.2) is 53.4 Å². The molecule has 0 radical (unpaired) electrons. The number of benzene rings is 2. The number of unbranched alkanes of at least 4 members (excludes halogenated alkanes) is 2. The van der Waals surface area contributed by atoms with Crippen molar-refractivity contribution >= 4 is 33.2 Å². The fourth-order valence-corrected chi connectivity index (χ4v) is 3.47. The fraction of sp³-hybridized carbons (Fsp3) is 0.278. The maximum Gasteiger partial charge on any atom is 0.261 e. The second-order valence-corrected chi connectivity index (χ2v) is 7.72. The SMILES string of the molecule is CCCCCNC(=O)c1ccc(S(=O)(=O)Nc2cccc(Cl)c2)cc1. The first-order valence-corrected chi connectivity index (χ1v) is 9.95. The monoisotopic (exact) mass is 380 g/mol. The van der Waals surface area contributed by atoms with Crippen LogP contribution in [0.25, 0.3) is 0 Å². The summed E-state index contributed by atoms with van der Waals surface area (Å²) in [6.45, 7) is 2.71. The topological polar surface area (TPSA) is 75.3 Å². The van der Waals surface area contributed by atoms with Gasteiger partial charge in [-0.3, -0.25) is 9.52 Å². The van der Waals surface area contributed by atoms with E-state index in [1.165, 1.54) is 30.3 Å². The lowest BCUT2D eigenvalue weighted by atomic mass is 10.2. The summed E-state index contributed by atoms with van der Waals surface area (Å²) < 4.78 is 27.2. The predicted molar refractivity (Wildman–Crippen MR) is 101 cm³/mol. The zero-order chi connectivity index (χ0) is 18.3. The molecule has 1 amide bonds. The molecule has 2 rings (SSSR count). The lowest BCUT2D eigenvalue weighted by Gasteiger charge is -2.09. The highest BCUT2D eigenvalue weighted by Crippen LogP contribution is 2.19. The maximum atomic E-state index is 12.4. The second-order valence-electron chi connectivity index (χ2n) is 5.60. The summed E-state index contributed by atoms with van der Waals surface area (Å²) in [5, 5.41) is 3.26. The Morgan fingerprint density at radius 3 is 2.44 bits per heavy atom. The van der Waals surface area contributed by atoms with Crippen LogP contribution in [0.1, 0.15) is 36.5 Å². The Morgan fingerprint density at radius 1 is 1.08 bits per heavy atom. The Balaban J connectivity index is 2.04. The van der Waals surface area contributed by atoms with Gasteiger partial charge in [-0.25, -0.2) is 8.42 Å². The third-order valence-electron chi connectivity index (χ3n) is 3.57. The Bertz CT molecular complexity index is 820. The Labute approximate surface area is 153 Å². The number of hydrogen-bond acceptors (Lipinski definition) is 3. The minimum atomic E-state index is -3.74. The van der Waals surface area contributed by atoms with Crippen LogP contribution in [0.3, 0.4) is 0 Å². The number of carbonyl (C=O) groups excluding carboxylic acids is 1. The molecule has 0 aromatic heterocycles. The quantitative estimate of drug-likeness (QED) is 0.678. The molecule has 0 saturated heterocycles. The molecule has 0 aliphatic heterocycles. The van der Waals surface area contributed by atoms with Gasteiger partial charge in [-0.1, -0.05) is 37.4 Å². The Morgan fingerprint density at radius 2 is 1.80 bits per heavy atom. The molecule has 0 aliphatic rings. The van der Waals surface area contributed by atoms with Crippen molar-refractivity contribution in [3.05, 3.63) is 59.1 Å². The average Bonchev–Trinajstić information content (AvgIpc) is 2.58. The number of carbonyl (C=O) groups is 1. The van der Waals surface area contributed by atoms with E-state index in [4.69, 9.17) is 11.6 Å². The van der Waals surface area contributed by atoms with Gasteiger partial charge in [0.1, 0.15) is 0 Å². The van der Waals surface area contributed by atoms with Crippen LogP contribution in [0.4, 0.5) is 5.69 Å². The lowest BCUT2D eigenvalue weighted by Crippen LogP contribution is -2.24. The highest BCUT2D eigenvalue weighted by Gasteiger charge is 2.15. The van der Waals surface area contributed by atoms with Gasteiger partial charge >= 0.3 is 0 Å². The normalized spacial score (nSPS) is 11.1. The lowest BCUT2D eigenvalue weighted by molar-refractivity contribution is 0.0953. The third kappa shape index (κ3) is 5.76. The summed E-state index contributed by atoms with van der Waals surface area (Å²) in [6, 6.07) is 12.3. The molecule has 0 unspecified atom stereocenters. The van der Waals surface area contributed by atoms with E-state index in [2.05, 4.69) is 17.0 Å². The molecule has 0 bridgehead atoms. The van der Waals surface area contributed by atoms with E-state index in [0.717, 1.165) is 19.3 Å². The molecule has 0 atom stereocenters. The van der Waals surface area contributed by atoms with Gasteiger partial charge in [0.15, 0.2) is 0 Å². The number of hydrogen-bond donors (Lipinski definition) is 2. The van der Waals surface area contributed by atoms with Crippen molar-refractivity contribution < 1.29 is 13.2 Å². The van der Waals surface area contributed by atoms with E-state index in [1.807, 2.05) is 0 Å². The zero-order valence-electron chi connectivity index (χ0n) is 14.0. The van der Waals surface area contributed by atoms with Crippen molar-refractivity contribution in [2.45, 2.75) is 31.1 Å². The van der Waals surface area contributed by atoms with Gasteiger partial charge in [0.05, 0.1) is 10.6 Å². The van der Waals surface area contributed by atoms with Crippen molar-refractivity contribution in [2.75, 3.05) is 11.3 Å². The van der Waals surface area contributed by atoms with Crippen molar-refractivity contribution in [1.82, 2.24) is 5.32 Å². The van der Waals surface area contributed by atoms with Crippen LogP contribution in [0.5, 0.6) is 0 Å². The molecule has 0 spiro atoms. The van der Waals surface area contributed by atoms with Crippen molar-refractivity contribution in [2.24, 2.45) is 0 Å². The third-order valence-corrected chi connectivity index (χ3v) is 5.20. The zero-order valence-corrected chi connectivity index (χ0v) is 15.5. The smallest absolute Gasteiger partial charge is 0.261 e. The Kier molecular flexibility index (Phi) is 6.84. The van der Waals surface area contributed by atoms with Gasteiger partial charge < -0.3 is 5.32 Å². The van der Waals surface area contributed by atoms with E-state index < -0.39 is 10.0 Å². The van der Waals surface area contributed by atoms with E-state index in [0.29, 0.717) is 22.8 Å². The Hall–Kier alpha value is -2.05. The standard InChI is InChI=1S/C18H21ClN2O3S/c1-2-3-4-12-20-18(22)14-8-10-17(11-9-14)25(23,24)21-16-7-5-6-15(19)13-16/h5-11,13,21H,2-4,12H2,1H3,(H,20,22). The number of amides is 1.